The number of fused-ring (bicyclic) bond motifs is 1. The molecule has 238 valence electrons. The van der Waals surface area contributed by atoms with E-state index >= 15 is 0 Å². The van der Waals surface area contributed by atoms with Crippen LogP contribution in [0.4, 0.5) is 10.8 Å². The van der Waals surface area contributed by atoms with Crippen LogP contribution < -0.4 is 16.0 Å². The van der Waals surface area contributed by atoms with E-state index in [1.807, 2.05) is 67.6 Å². The van der Waals surface area contributed by atoms with Crippen molar-refractivity contribution in [1.29, 1.82) is 0 Å². The van der Waals surface area contributed by atoms with E-state index in [1.54, 1.807) is 66.7 Å². The predicted molar refractivity (Wildman–Crippen MR) is 196 cm³/mol. The van der Waals surface area contributed by atoms with Crippen molar-refractivity contribution < 1.29 is 14.4 Å². The van der Waals surface area contributed by atoms with Crippen molar-refractivity contribution in [2.45, 2.75) is 17.1 Å². The number of hydrogen-bond acceptors (Lipinski definition) is 6. The Kier molecular flexibility index (Phi) is 10.3. The van der Waals surface area contributed by atoms with E-state index in [1.165, 1.54) is 23.1 Å². The minimum Gasteiger partial charge on any atom is -0.321 e. The van der Waals surface area contributed by atoms with E-state index < -0.39 is 17.1 Å². The molecule has 7 nitrogen and oxygen atoms in total. The summed E-state index contributed by atoms with van der Waals surface area (Å²) in [5.41, 5.74) is 4.52. The number of hydrogen-bond donors (Lipinski definition) is 3. The summed E-state index contributed by atoms with van der Waals surface area (Å²) in [6.07, 6.45) is 1.59. The Morgan fingerprint density at radius 1 is 0.812 bits per heavy atom. The summed E-state index contributed by atoms with van der Waals surface area (Å²) in [4.78, 5) is 45.5. The number of anilines is 2. The summed E-state index contributed by atoms with van der Waals surface area (Å²) in [5.74, 6) is -1.10. The largest absolute Gasteiger partial charge is 0.321 e. The van der Waals surface area contributed by atoms with Crippen molar-refractivity contribution in [3.8, 4) is 0 Å². The molecule has 0 aliphatic carbocycles. The van der Waals surface area contributed by atoms with Crippen LogP contribution in [0.3, 0.4) is 0 Å². The number of aromatic nitrogens is 1. The van der Waals surface area contributed by atoms with E-state index in [4.69, 9.17) is 11.6 Å². The van der Waals surface area contributed by atoms with Gasteiger partial charge in [-0.2, -0.15) is 0 Å². The molecule has 3 N–H and O–H groups in total. The van der Waals surface area contributed by atoms with Gasteiger partial charge < -0.3 is 16.0 Å². The maximum atomic E-state index is 13.6. The fourth-order valence-electron chi connectivity index (χ4n) is 4.78. The first-order valence-corrected chi connectivity index (χ1v) is 17.0. The molecule has 0 radical (unpaired) electrons. The van der Waals surface area contributed by atoms with Gasteiger partial charge in [-0.05, 0) is 90.4 Å². The van der Waals surface area contributed by atoms with Crippen molar-refractivity contribution in [1.82, 2.24) is 10.3 Å². The summed E-state index contributed by atoms with van der Waals surface area (Å²) in [6, 6.07) is 38.4. The molecule has 3 amide bonds. The molecule has 0 saturated carbocycles. The van der Waals surface area contributed by atoms with E-state index in [2.05, 4.69) is 27.0 Å². The van der Waals surface area contributed by atoms with Gasteiger partial charge in [-0.15, -0.1) is 11.8 Å². The number of aryl methyl sites for hydroxylation is 1. The van der Waals surface area contributed by atoms with Gasteiger partial charge in [-0.25, -0.2) is 4.98 Å². The molecule has 10 heteroatoms. The quantitative estimate of drug-likeness (QED) is 0.0985. The predicted octanol–water partition coefficient (Wildman–Crippen LogP) is 9.14. The third kappa shape index (κ3) is 8.38. The Balaban J connectivity index is 1.18. The van der Waals surface area contributed by atoms with Gasteiger partial charge in [-0.3, -0.25) is 14.4 Å². The molecule has 0 bridgehead atoms. The molecule has 1 unspecified atom stereocenters. The van der Waals surface area contributed by atoms with Crippen LogP contribution in [0.25, 0.3) is 16.3 Å². The smallest absolute Gasteiger partial charge is 0.272 e. The number of nitrogens with one attached hydrogen (secondary N) is 3. The zero-order valence-electron chi connectivity index (χ0n) is 25.6. The molecule has 0 spiro atoms. The monoisotopic (exact) mass is 688 g/mol. The molecule has 6 aromatic rings. The number of halogens is 1. The van der Waals surface area contributed by atoms with Crippen LogP contribution in [-0.2, 0) is 9.59 Å². The number of carbonyl (C=O) groups excluding carboxylic acids is 3. The summed E-state index contributed by atoms with van der Waals surface area (Å²) < 4.78 is 1.01. The summed E-state index contributed by atoms with van der Waals surface area (Å²) >= 11 is 8.88. The highest BCUT2D eigenvalue weighted by atomic mass is 35.5. The summed E-state index contributed by atoms with van der Waals surface area (Å²) in [5, 5.41) is 9.17. The molecule has 1 aromatic heterocycles. The zero-order valence-corrected chi connectivity index (χ0v) is 28.0. The lowest BCUT2D eigenvalue weighted by Crippen LogP contribution is -2.30. The van der Waals surface area contributed by atoms with Crippen LogP contribution in [0.1, 0.15) is 32.3 Å². The standard InChI is InChI=1S/C38H29ClN4O3S2/c1-24-12-21-31-33(22-24)48-38(42-31)43-37(46)34(26-8-4-2-5-9-26)47-30-19-17-29(18-20-30)40-36(45)32(23-25-13-15-28(39)16-14-25)41-35(44)27-10-6-3-7-11-27/h2-23,34H,1H3,(H,40,45)(H,41,44)(H,42,43,46)/b32-23-. The molecule has 0 fully saturated rings. The van der Waals surface area contributed by atoms with Gasteiger partial charge >= 0.3 is 0 Å². The lowest BCUT2D eigenvalue weighted by Gasteiger charge is -2.16. The van der Waals surface area contributed by atoms with Gasteiger partial charge in [0.1, 0.15) is 10.9 Å². The van der Waals surface area contributed by atoms with E-state index in [0.717, 1.165) is 26.2 Å². The molecule has 1 heterocycles. The van der Waals surface area contributed by atoms with Crippen molar-refractivity contribution in [3.63, 3.8) is 0 Å². The normalized spacial score (nSPS) is 11.9. The highest BCUT2D eigenvalue weighted by molar-refractivity contribution is 8.00. The Bertz CT molecular complexity index is 2100. The molecule has 1 atom stereocenters. The maximum Gasteiger partial charge on any atom is 0.272 e. The molecule has 0 saturated heterocycles. The molecule has 6 rings (SSSR count). The number of nitrogens with zero attached hydrogens (tertiary/aromatic N) is 1. The number of benzene rings is 5. The number of rotatable bonds is 10. The lowest BCUT2D eigenvalue weighted by atomic mass is 10.1. The van der Waals surface area contributed by atoms with Crippen LogP contribution in [0, 0.1) is 6.92 Å². The third-order valence-corrected chi connectivity index (χ3v) is 9.64. The SMILES string of the molecule is Cc1ccc2nc(NC(=O)C(Sc3ccc(NC(=O)/C(=C/c4ccc(Cl)cc4)NC(=O)c4ccccc4)cc3)c3ccccc3)sc2c1. The van der Waals surface area contributed by atoms with Crippen molar-refractivity contribution in [2.75, 3.05) is 10.6 Å². The van der Waals surface area contributed by atoms with Gasteiger partial charge in [-0.1, -0.05) is 89.7 Å². The van der Waals surface area contributed by atoms with Crippen LogP contribution in [0.15, 0.2) is 138 Å². The van der Waals surface area contributed by atoms with E-state index in [0.29, 0.717) is 27.0 Å². The minimum absolute atomic E-state index is 0.0652. The van der Waals surface area contributed by atoms with Crippen LogP contribution >= 0.6 is 34.7 Å². The molecule has 5 aromatic carbocycles. The van der Waals surface area contributed by atoms with Crippen molar-refractivity contribution in [2.24, 2.45) is 0 Å². The highest BCUT2D eigenvalue weighted by Gasteiger charge is 2.24. The van der Waals surface area contributed by atoms with E-state index in [-0.39, 0.29) is 11.6 Å². The maximum absolute atomic E-state index is 13.6. The first kappa shape index (κ1) is 32.7. The number of thioether (sulfide) groups is 1. The number of carbonyl (C=O) groups is 3. The number of thiazole rings is 1. The van der Waals surface area contributed by atoms with Crippen LogP contribution in [0.2, 0.25) is 5.02 Å². The average molecular weight is 689 g/mol. The van der Waals surface area contributed by atoms with Gasteiger partial charge in [0, 0.05) is 21.2 Å². The van der Waals surface area contributed by atoms with Crippen LogP contribution in [0.5, 0.6) is 0 Å². The van der Waals surface area contributed by atoms with Gasteiger partial charge in [0.15, 0.2) is 5.13 Å². The molecule has 48 heavy (non-hydrogen) atoms. The van der Waals surface area contributed by atoms with Gasteiger partial charge in [0.2, 0.25) is 5.91 Å². The Morgan fingerprint density at radius 2 is 1.50 bits per heavy atom. The summed E-state index contributed by atoms with van der Waals surface area (Å²) in [6.45, 7) is 2.02. The molecule has 0 aliphatic heterocycles. The molecular formula is C38H29ClN4O3S2. The van der Waals surface area contributed by atoms with Gasteiger partial charge in [0.05, 0.1) is 10.2 Å². The van der Waals surface area contributed by atoms with Crippen molar-refractivity contribution in [3.05, 3.63) is 160 Å². The zero-order chi connectivity index (χ0) is 33.5. The fraction of sp³-hybridized carbons (Fsp3) is 0.0526. The van der Waals surface area contributed by atoms with Crippen molar-refractivity contribution >= 4 is 79.5 Å². The second-order valence-electron chi connectivity index (χ2n) is 10.8. The first-order chi connectivity index (χ1) is 23.3. The Hall–Kier alpha value is -5.22. The fourth-order valence-corrected chi connectivity index (χ4v) is 6.89. The third-order valence-electron chi connectivity index (χ3n) is 7.19. The first-order valence-electron chi connectivity index (χ1n) is 15.0. The number of amides is 3. The topological polar surface area (TPSA) is 100 Å². The Morgan fingerprint density at radius 3 is 2.21 bits per heavy atom. The van der Waals surface area contributed by atoms with Gasteiger partial charge in [0.25, 0.3) is 11.8 Å². The second-order valence-corrected chi connectivity index (χ2v) is 13.4. The lowest BCUT2D eigenvalue weighted by molar-refractivity contribution is -0.116. The summed E-state index contributed by atoms with van der Waals surface area (Å²) in [7, 11) is 0. The molecule has 0 aliphatic rings. The average Bonchev–Trinajstić information content (AvgIpc) is 3.50. The Labute approximate surface area is 291 Å². The molecular weight excluding hydrogens is 660 g/mol. The van der Waals surface area contributed by atoms with Crippen LogP contribution in [-0.4, -0.2) is 22.7 Å². The highest BCUT2D eigenvalue weighted by Crippen LogP contribution is 2.37. The second kappa shape index (κ2) is 15.1. The minimum atomic E-state index is -0.553. The van der Waals surface area contributed by atoms with E-state index in [9.17, 15) is 14.4 Å².